The van der Waals surface area contributed by atoms with Gasteiger partial charge in [-0.3, -0.25) is 4.79 Å². The third kappa shape index (κ3) is 4.24. The Kier molecular flexibility index (Phi) is 5.21. The second-order valence-electron chi connectivity index (χ2n) is 4.64. The van der Waals surface area contributed by atoms with Gasteiger partial charge in [0, 0.05) is 17.9 Å². The summed E-state index contributed by atoms with van der Waals surface area (Å²) in [6.45, 7) is 2.91. The Morgan fingerprint density at radius 2 is 1.90 bits per heavy atom. The summed E-state index contributed by atoms with van der Waals surface area (Å²) in [5, 5.41) is 0. The molecule has 21 heavy (non-hydrogen) atoms. The molecule has 2 aromatic rings. The summed E-state index contributed by atoms with van der Waals surface area (Å²) in [5.41, 5.74) is 7.24. The van der Waals surface area contributed by atoms with Crippen molar-refractivity contribution in [2.75, 3.05) is 23.8 Å². The molecule has 4 nitrogen and oxygen atoms in total. The summed E-state index contributed by atoms with van der Waals surface area (Å²) in [6.07, 6.45) is 0.331. The Hall–Kier alpha value is -2.49. The van der Waals surface area contributed by atoms with Crippen LogP contribution in [0.25, 0.3) is 0 Å². The fourth-order valence-corrected chi connectivity index (χ4v) is 2.10. The van der Waals surface area contributed by atoms with Crippen molar-refractivity contribution in [3.8, 4) is 5.75 Å². The van der Waals surface area contributed by atoms with Gasteiger partial charge in [0.1, 0.15) is 5.75 Å². The highest BCUT2D eigenvalue weighted by molar-refractivity contribution is 5.93. The zero-order chi connectivity index (χ0) is 15.1. The zero-order valence-electron chi connectivity index (χ0n) is 12.2. The molecule has 1 amide bonds. The maximum absolute atomic E-state index is 12.3. The largest absolute Gasteiger partial charge is 0.493 e. The zero-order valence-corrected chi connectivity index (χ0v) is 12.2. The first-order chi connectivity index (χ1) is 10.2. The summed E-state index contributed by atoms with van der Waals surface area (Å²) in [6, 6.07) is 16.8. The van der Waals surface area contributed by atoms with E-state index >= 15 is 0 Å². The third-order valence-corrected chi connectivity index (χ3v) is 3.13. The van der Waals surface area contributed by atoms with Crippen LogP contribution in [-0.2, 0) is 4.79 Å². The Bertz CT molecular complexity index is 584. The van der Waals surface area contributed by atoms with Gasteiger partial charge >= 0.3 is 0 Å². The summed E-state index contributed by atoms with van der Waals surface area (Å²) < 4.78 is 5.56. The predicted molar refractivity (Wildman–Crippen MR) is 85.4 cm³/mol. The number of rotatable bonds is 6. The topological polar surface area (TPSA) is 55.6 Å². The van der Waals surface area contributed by atoms with Gasteiger partial charge in [0.25, 0.3) is 0 Å². The van der Waals surface area contributed by atoms with Gasteiger partial charge in [-0.1, -0.05) is 24.3 Å². The molecule has 0 aromatic heterocycles. The summed E-state index contributed by atoms with van der Waals surface area (Å²) >= 11 is 0. The Labute approximate surface area is 125 Å². The van der Waals surface area contributed by atoms with Crippen molar-refractivity contribution in [3.05, 3.63) is 54.6 Å². The predicted octanol–water partition coefficient (Wildman–Crippen LogP) is 3.09. The molecule has 0 fully saturated rings. The lowest BCUT2D eigenvalue weighted by molar-refractivity contribution is -0.119. The molecule has 0 bridgehead atoms. The molecule has 0 spiro atoms. The molecule has 0 unspecified atom stereocenters. The highest BCUT2D eigenvalue weighted by Crippen LogP contribution is 2.18. The number of benzene rings is 2. The minimum Gasteiger partial charge on any atom is -0.493 e. The van der Waals surface area contributed by atoms with Gasteiger partial charge in [0.05, 0.1) is 13.0 Å². The van der Waals surface area contributed by atoms with Crippen LogP contribution >= 0.6 is 0 Å². The van der Waals surface area contributed by atoms with E-state index in [4.69, 9.17) is 10.5 Å². The lowest BCUT2D eigenvalue weighted by Gasteiger charge is -2.21. The standard InChI is InChI=1S/C17H20N2O2/c1-2-19(15-8-6-7-14(18)13-15)17(20)11-12-21-16-9-4-3-5-10-16/h3-10,13H,2,11-12,18H2,1H3. The van der Waals surface area contributed by atoms with E-state index in [1.165, 1.54) is 0 Å². The van der Waals surface area contributed by atoms with Crippen LogP contribution in [0.3, 0.4) is 0 Å². The summed E-state index contributed by atoms with van der Waals surface area (Å²) in [5.74, 6) is 0.802. The monoisotopic (exact) mass is 284 g/mol. The molecule has 0 heterocycles. The van der Waals surface area contributed by atoms with Gasteiger partial charge in [-0.25, -0.2) is 0 Å². The molecule has 0 saturated heterocycles. The molecule has 0 saturated carbocycles. The van der Waals surface area contributed by atoms with Crippen LogP contribution in [0.4, 0.5) is 11.4 Å². The van der Waals surface area contributed by atoms with Crippen LogP contribution in [0.1, 0.15) is 13.3 Å². The minimum atomic E-state index is 0.0269. The summed E-state index contributed by atoms with van der Waals surface area (Å²) in [4.78, 5) is 14.0. The SMILES string of the molecule is CCN(C(=O)CCOc1ccccc1)c1cccc(N)c1. The highest BCUT2D eigenvalue weighted by Gasteiger charge is 2.13. The third-order valence-electron chi connectivity index (χ3n) is 3.13. The molecule has 0 aliphatic heterocycles. The molecule has 2 rings (SSSR count). The van der Waals surface area contributed by atoms with Crippen LogP contribution in [-0.4, -0.2) is 19.1 Å². The van der Waals surface area contributed by atoms with E-state index in [9.17, 15) is 4.79 Å². The molecule has 110 valence electrons. The molecule has 0 radical (unpaired) electrons. The second kappa shape index (κ2) is 7.33. The lowest BCUT2D eigenvalue weighted by atomic mass is 10.2. The number of hydrogen-bond donors (Lipinski definition) is 1. The van der Waals surface area contributed by atoms with Gasteiger partial charge in [-0.05, 0) is 37.3 Å². The molecular weight excluding hydrogens is 264 g/mol. The van der Waals surface area contributed by atoms with Gasteiger partial charge in [-0.15, -0.1) is 0 Å². The van der Waals surface area contributed by atoms with E-state index in [1.54, 1.807) is 17.0 Å². The Morgan fingerprint density at radius 3 is 2.57 bits per heavy atom. The van der Waals surface area contributed by atoms with Crippen molar-refractivity contribution in [2.45, 2.75) is 13.3 Å². The average Bonchev–Trinajstić information content (AvgIpc) is 2.49. The molecule has 4 heteroatoms. The molecule has 0 aliphatic rings. The number of para-hydroxylation sites is 1. The van der Waals surface area contributed by atoms with E-state index in [0.29, 0.717) is 25.3 Å². The van der Waals surface area contributed by atoms with Crippen molar-refractivity contribution in [2.24, 2.45) is 0 Å². The van der Waals surface area contributed by atoms with Crippen LogP contribution in [0.2, 0.25) is 0 Å². The number of nitrogens with zero attached hydrogens (tertiary/aromatic N) is 1. The number of nitrogens with two attached hydrogens (primary N) is 1. The maximum atomic E-state index is 12.3. The smallest absolute Gasteiger partial charge is 0.230 e. The Morgan fingerprint density at radius 1 is 1.14 bits per heavy atom. The van der Waals surface area contributed by atoms with E-state index in [2.05, 4.69) is 0 Å². The fourth-order valence-electron chi connectivity index (χ4n) is 2.10. The van der Waals surface area contributed by atoms with Crippen molar-refractivity contribution in [3.63, 3.8) is 0 Å². The van der Waals surface area contributed by atoms with Gasteiger partial charge in [0.15, 0.2) is 0 Å². The lowest BCUT2D eigenvalue weighted by Crippen LogP contribution is -2.31. The first kappa shape index (κ1) is 14.9. The number of carbonyl (C=O) groups excluding carboxylic acids is 1. The fraction of sp³-hybridized carbons (Fsp3) is 0.235. The number of amides is 1. The Balaban J connectivity index is 1.92. The van der Waals surface area contributed by atoms with Crippen LogP contribution < -0.4 is 15.4 Å². The number of anilines is 2. The quantitative estimate of drug-likeness (QED) is 0.829. The molecular formula is C17H20N2O2. The second-order valence-corrected chi connectivity index (χ2v) is 4.64. The van der Waals surface area contributed by atoms with Crippen LogP contribution in [0.5, 0.6) is 5.75 Å². The van der Waals surface area contributed by atoms with Crippen molar-refractivity contribution in [1.82, 2.24) is 0 Å². The average molecular weight is 284 g/mol. The number of ether oxygens (including phenoxy) is 1. The van der Waals surface area contributed by atoms with Crippen molar-refractivity contribution in [1.29, 1.82) is 0 Å². The van der Waals surface area contributed by atoms with E-state index in [1.807, 2.05) is 49.4 Å². The van der Waals surface area contributed by atoms with Crippen LogP contribution in [0, 0.1) is 0 Å². The van der Waals surface area contributed by atoms with Crippen LogP contribution in [0.15, 0.2) is 54.6 Å². The molecule has 0 aliphatic carbocycles. The number of nitrogen functional groups attached to an aromatic ring is 1. The number of hydrogen-bond acceptors (Lipinski definition) is 3. The molecule has 2 N–H and O–H groups in total. The first-order valence-corrected chi connectivity index (χ1v) is 7.04. The highest BCUT2D eigenvalue weighted by atomic mass is 16.5. The maximum Gasteiger partial charge on any atom is 0.230 e. The number of carbonyl (C=O) groups is 1. The van der Waals surface area contributed by atoms with E-state index in [-0.39, 0.29) is 5.91 Å². The van der Waals surface area contributed by atoms with E-state index < -0.39 is 0 Å². The summed E-state index contributed by atoms with van der Waals surface area (Å²) in [7, 11) is 0. The van der Waals surface area contributed by atoms with Gasteiger partial charge in [0.2, 0.25) is 5.91 Å². The van der Waals surface area contributed by atoms with Crippen molar-refractivity contribution >= 4 is 17.3 Å². The van der Waals surface area contributed by atoms with Gasteiger partial charge in [-0.2, -0.15) is 0 Å². The van der Waals surface area contributed by atoms with Gasteiger partial charge < -0.3 is 15.4 Å². The van der Waals surface area contributed by atoms with Crippen molar-refractivity contribution < 1.29 is 9.53 Å². The minimum absolute atomic E-state index is 0.0269. The molecule has 2 aromatic carbocycles. The molecule has 0 atom stereocenters. The van der Waals surface area contributed by atoms with E-state index in [0.717, 1.165) is 11.4 Å². The first-order valence-electron chi connectivity index (χ1n) is 7.04. The normalized spacial score (nSPS) is 10.1.